The minimum atomic E-state index is -0.144. The zero-order valence-electron chi connectivity index (χ0n) is 13.7. The SMILES string of the molecule is O=C(NCc1cccnc1)N(CCO)C1CCCc2ccccc21. The van der Waals surface area contributed by atoms with Gasteiger partial charge in [-0.1, -0.05) is 30.3 Å². The van der Waals surface area contributed by atoms with Crippen LogP contribution in [0.15, 0.2) is 48.8 Å². The van der Waals surface area contributed by atoms with E-state index in [9.17, 15) is 9.90 Å². The van der Waals surface area contributed by atoms with E-state index >= 15 is 0 Å². The van der Waals surface area contributed by atoms with Gasteiger partial charge >= 0.3 is 6.03 Å². The van der Waals surface area contributed by atoms with Gasteiger partial charge in [-0.25, -0.2) is 4.79 Å². The highest BCUT2D eigenvalue weighted by Crippen LogP contribution is 2.34. The third-order valence-electron chi connectivity index (χ3n) is 4.48. The number of urea groups is 1. The first-order chi connectivity index (χ1) is 11.8. The number of nitrogens with one attached hydrogen (secondary N) is 1. The summed E-state index contributed by atoms with van der Waals surface area (Å²) in [6, 6.07) is 11.9. The van der Waals surface area contributed by atoms with Crippen LogP contribution in [0.4, 0.5) is 4.79 Å². The van der Waals surface area contributed by atoms with Gasteiger partial charge in [-0.15, -0.1) is 0 Å². The molecule has 0 bridgehead atoms. The highest BCUT2D eigenvalue weighted by atomic mass is 16.3. The average molecular weight is 325 g/mol. The number of aryl methyl sites for hydroxylation is 1. The maximum absolute atomic E-state index is 12.7. The number of pyridine rings is 1. The topological polar surface area (TPSA) is 65.5 Å². The van der Waals surface area contributed by atoms with Crippen LogP contribution in [-0.2, 0) is 13.0 Å². The maximum Gasteiger partial charge on any atom is 0.318 e. The molecule has 5 heteroatoms. The third kappa shape index (κ3) is 3.74. The van der Waals surface area contributed by atoms with Gasteiger partial charge in [0.1, 0.15) is 0 Å². The molecule has 2 aromatic rings. The van der Waals surface area contributed by atoms with E-state index in [1.54, 1.807) is 17.3 Å². The van der Waals surface area contributed by atoms with Gasteiger partial charge in [-0.3, -0.25) is 4.98 Å². The van der Waals surface area contributed by atoms with Crippen LogP contribution in [0.2, 0.25) is 0 Å². The third-order valence-corrected chi connectivity index (χ3v) is 4.48. The molecule has 126 valence electrons. The van der Waals surface area contributed by atoms with Crippen molar-refractivity contribution >= 4 is 6.03 Å². The summed E-state index contributed by atoms with van der Waals surface area (Å²) < 4.78 is 0. The normalized spacial score (nSPS) is 16.3. The van der Waals surface area contributed by atoms with Gasteiger partial charge in [0.15, 0.2) is 0 Å². The van der Waals surface area contributed by atoms with E-state index < -0.39 is 0 Å². The van der Waals surface area contributed by atoms with E-state index in [-0.39, 0.29) is 18.7 Å². The Morgan fingerprint density at radius 2 is 2.17 bits per heavy atom. The molecule has 1 aliphatic rings. The summed E-state index contributed by atoms with van der Waals surface area (Å²) >= 11 is 0. The van der Waals surface area contributed by atoms with Crippen molar-refractivity contribution in [3.8, 4) is 0 Å². The minimum absolute atomic E-state index is 0.0241. The largest absolute Gasteiger partial charge is 0.395 e. The van der Waals surface area contributed by atoms with E-state index in [4.69, 9.17) is 0 Å². The predicted octanol–water partition coefficient (Wildman–Crippen LogP) is 2.66. The van der Waals surface area contributed by atoms with Crippen molar-refractivity contribution in [1.29, 1.82) is 0 Å². The second kappa shape index (κ2) is 7.93. The number of carbonyl (C=O) groups excluding carboxylic acids is 1. The lowest BCUT2D eigenvalue weighted by Crippen LogP contribution is -2.44. The van der Waals surface area contributed by atoms with Crippen molar-refractivity contribution in [3.05, 3.63) is 65.5 Å². The first-order valence-electron chi connectivity index (χ1n) is 8.41. The Balaban J connectivity index is 1.74. The molecule has 1 atom stereocenters. The second-order valence-corrected chi connectivity index (χ2v) is 6.04. The monoisotopic (exact) mass is 325 g/mol. The number of rotatable bonds is 5. The van der Waals surface area contributed by atoms with Gasteiger partial charge in [-0.05, 0) is 42.0 Å². The summed E-state index contributed by atoms with van der Waals surface area (Å²) in [7, 11) is 0. The summed E-state index contributed by atoms with van der Waals surface area (Å²) in [6.07, 6.45) is 6.49. The molecule has 1 unspecified atom stereocenters. The number of hydrogen-bond acceptors (Lipinski definition) is 3. The molecule has 0 saturated heterocycles. The number of aromatic nitrogens is 1. The van der Waals surface area contributed by atoms with Crippen molar-refractivity contribution in [3.63, 3.8) is 0 Å². The number of nitrogens with zero attached hydrogens (tertiary/aromatic N) is 2. The lowest BCUT2D eigenvalue weighted by atomic mass is 9.87. The van der Waals surface area contributed by atoms with E-state index in [0.717, 1.165) is 24.8 Å². The molecule has 0 radical (unpaired) electrons. The Labute approximate surface area is 142 Å². The Hall–Kier alpha value is -2.40. The minimum Gasteiger partial charge on any atom is -0.395 e. The Morgan fingerprint density at radius 1 is 1.29 bits per heavy atom. The van der Waals surface area contributed by atoms with Gasteiger partial charge < -0.3 is 15.3 Å². The highest BCUT2D eigenvalue weighted by Gasteiger charge is 2.28. The summed E-state index contributed by atoms with van der Waals surface area (Å²) in [5.74, 6) is 0. The quantitative estimate of drug-likeness (QED) is 0.888. The molecule has 1 heterocycles. The molecule has 0 spiro atoms. The molecule has 2 amide bonds. The van der Waals surface area contributed by atoms with Crippen LogP contribution in [0.5, 0.6) is 0 Å². The smallest absolute Gasteiger partial charge is 0.318 e. The molecule has 1 aromatic heterocycles. The zero-order valence-corrected chi connectivity index (χ0v) is 13.7. The van der Waals surface area contributed by atoms with Crippen molar-refractivity contribution in [2.75, 3.05) is 13.2 Å². The fourth-order valence-corrected chi connectivity index (χ4v) is 3.34. The summed E-state index contributed by atoms with van der Waals surface area (Å²) in [5, 5.41) is 12.4. The van der Waals surface area contributed by atoms with Crippen LogP contribution in [0.3, 0.4) is 0 Å². The van der Waals surface area contributed by atoms with Crippen molar-refractivity contribution in [2.45, 2.75) is 31.8 Å². The molecule has 5 nitrogen and oxygen atoms in total. The van der Waals surface area contributed by atoms with E-state index in [0.29, 0.717) is 13.1 Å². The molecule has 2 N–H and O–H groups in total. The Morgan fingerprint density at radius 3 is 2.96 bits per heavy atom. The van der Waals surface area contributed by atoms with Crippen molar-refractivity contribution < 1.29 is 9.90 Å². The molecule has 0 aliphatic heterocycles. The van der Waals surface area contributed by atoms with Crippen molar-refractivity contribution in [2.24, 2.45) is 0 Å². The number of hydrogen-bond donors (Lipinski definition) is 2. The molecule has 0 fully saturated rings. The van der Waals surface area contributed by atoms with Crippen LogP contribution in [0.25, 0.3) is 0 Å². The van der Waals surface area contributed by atoms with Gasteiger partial charge in [0.2, 0.25) is 0 Å². The molecular weight excluding hydrogens is 302 g/mol. The molecule has 1 aromatic carbocycles. The fraction of sp³-hybridized carbons (Fsp3) is 0.368. The summed E-state index contributed by atoms with van der Waals surface area (Å²) in [6.45, 7) is 0.722. The summed E-state index contributed by atoms with van der Waals surface area (Å²) in [4.78, 5) is 18.5. The molecule has 0 saturated carbocycles. The maximum atomic E-state index is 12.7. The van der Waals surface area contributed by atoms with Gasteiger partial charge in [0.05, 0.1) is 12.6 Å². The molecular formula is C19H23N3O2. The van der Waals surface area contributed by atoms with E-state index in [1.807, 2.05) is 24.3 Å². The number of aliphatic hydroxyl groups excluding tert-OH is 1. The van der Waals surface area contributed by atoms with E-state index in [2.05, 4.69) is 22.4 Å². The van der Waals surface area contributed by atoms with Gasteiger partial charge in [-0.2, -0.15) is 0 Å². The Kier molecular flexibility index (Phi) is 5.43. The molecule has 24 heavy (non-hydrogen) atoms. The molecule has 1 aliphatic carbocycles. The van der Waals surface area contributed by atoms with Crippen LogP contribution < -0.4 is 5.32 Å². The fourth-order valence-electron chi connectivity index (χ4n) is 3.34. The van der Waals surface area contributed by atoms with Crippen LogP contribution in [0.1, 0.15) is 35.6 Å². The number of amides is 2. The van der Waals surface area contributed by atoms with Crippen LogP contribution in [-0.4, -0.2) is 34.2 Å². The first-order valence-corrected chi connectivity index (χ1v) is 8.41. The molecule has 3 rings (SSSR count). The average Bonchev–Trinajstić information content (AvgIpc) is 2.65. The van der Waals surface area contributed by atoms with Crippen LogP contribution >= 0.6 is 0 Å². The zero-order chi connectivity index (χ0) is 16.8. The standard InChI is InChI=1S/C19H23N3O2/c23-12-11-22(19(24)21-14-15-5-4-10-20-13-15)18-9-3-7-16-6-1-2-8-17(16)18/h1-2,4-6,8,10,13,18,23H,3,7,9,11-12,14H2,(H,21,24). The number of fused-ring (bicyclic) bond motifs is 1. The highest BCUT2D eigenvalue weighted by molar-refractivity contribution is 5.75. The van der Waals surface area contributed by atoms with Gasteiger partial charge in [0, 0.05) is 25.5 Å². The van der Waals surface area contributed by atoms with Crippen molar-refractivity contribution in [1.82, 2.24) is 15.2 Å². The predicted molar refractivity (Wildman–Crippen MR) is 92.4 cm³/mol. The number of carbonyl (C=O) groups is 1. The first kappa shape index (κ1) is 16.5. The van der Waals surface area contributed by atoms with Crippen LogP contribution in [0, 0.1) is 0 Å². The number of benzene rings is 1. The van der Waals surface area contributed by atoms with Gasteiger partial charge in [0.25, 0.3) is 0 Å². The lowest BCUT2D eigenvalue weighted by Gasteiger charge is -2.35. The second-order valence-electron chi connectivity index (χ2n) is 6.04. The van der Waals surface area contributed by atoms with E-state index in [1.165, 1.54) is 11.1 Å². The Bertz CT molecular complexity index is 675. The number of aliphatic hydroxyl groups is 1. The lowest BCUT2D eigenvalue weighted by molar-refractivity contribution is 0.144. The summed E-state index contributed by atoms with van der Waals surface area (Å²) in [5.41, 5.74) is 3.46.